The molecule has 2 atom stereocenters. The highest BCUT2D eigenvalue weighted by molar-refractivity contribution is 5.77. The Hall–Kier alpha value is -1.55. The molecule has 1 aromatic rings. The maximum absolute atomic E-state index is 12.3. The summed E-state index contributed by atoms with van der Waals surface area (Å²) < 4.78 is 5.18. The molecule has 1 aliphatic heterocycles. The van der Waals surface area contributed by atoms with Gasteiger partial charge in [-0.2, -0.15) is 0 Å². The van der Waals surface area contributed by atoms with Gasteiger partial charge in [0.15, 0.2) is 0 Å². The Kier molecular flexibility index (Phi) is 5.01. The molecule has 2 rings (SSSR count). The molecule has 0 radical (unpaired) electrons. The molecule has 1 aliphatic rings. The minimum atomic E-state index is -0.00666. The van der Waals surface area contributed by atoms with Gasteiger partial charge in [-0.25, -0.2) is 0 Å². The SMILES string of the molecule is COc1cccc(CCC(=O)N2CCC(C)C2CO)c1. The highest BCUT2D eigenvalue weighted by atomic mass is 16.5. The number of hydrogen-bond acceptors (Lipinski definition) is 3. The third-order valence-electron chi connectivity index (χ3n) is 4.15. The van der Waals surface area contributed by atoms with Crippen molar-refractivity contribution in [1.82, 2.24) is 4.90 Å². The molecule has 0 saturated carbocycles. The van der Waals surface area contributed by atoms with Crippen LogP contribution in [0.1, 0.15) is 25.3 Å². The van der Waals surface area contributed by atoms with Gasteiger partial charge in [0.25, 0.3) is 0 Å². The molecule has 1 fully saturated rings. The van der Waals surface area contributed by atoms with Crippen LogP contribution >= 0.6 is 0 Å². The van der Waals surface area contributed by atoms with Gasteiger partial charge in [0.1, 0.15) is 5.75 Å². The van der Waals surface area contributed by atoms with Crippen molar-refractivity contribution in [3.63, 3.8) is 0 Å². The average Bonchev–Trinajstić information content (AvgIpc) is 2.86. The molecule has 0 aromatic heterocycles. The summed E-state index contributed by atoms with van der Waals surface area (Å²) in [7, 11) is 1.64. The Labute approximate surface area is 120 Å². The van der Waals surface area contributed by atoms with Crippen molar-refractivity contribution in [2.75, 3.05) is 20.3 Å². The predicted octanol–water partition coefficient (Wildman–Crippen LogP) is 1.86. The third kappa shape index (κ3) is 3.31. The van der Waals surface area contributed by atoms with E-state index >= 15 is 0 Å². The lowest BCUT2D eigenvalue weighted by atomic mass is 10.0. The number of aryl methyl sites for hydroxylation is 1. The molecule has 0 spiro atoms. The molecule has 1 heterocycles. The Morgan fingerprint density at radius 3 is 3.00 bits per heavy atom. The number of hydrogen-bond donors (Lipinski definition) is 1. The first-order chi connectivity index (χ1) is 9.65. The molecule has 1 saturated heterocycles. The second kappa shape index (κ2) is 6.75. The Bertz CT molecular complexity index is 461. The fourth-order valence-corrected chi connectivity index (χ4v) is 2.82. The maximum atomic E-state index is 12.3. The van der Waals surface area contributed by atoms with Crippen LogP contribution in [0.3, 0.4) is 0 Å². The maximum Gasteiger partial charge on any atom is 0.223 e. The molecular weight excluding hydrogens is 254 g/mol. The van der Waals surface area contributed by atoms with Crippen LogP contribution in [0.25, 0.3) is 0 Å². The van der Waals surface area contributed by atoms with Crippen molar-refractivity contribution in [3.8, 4) is 5.75 Å². The van der Waals surface area contributed by atoms with E-state index in [1.807, 2.05) is 29.2 Å². The third-order valence-corrected chi connectivity index (χ3v) is 4.15. The lowest BCUT2D eigenvalue weighted by Crippen LogP contribution is -2.39. The van der Waals surface area contributed by atoms with E-state index in [0.717, 1.165) is 24.3 Å². The van der Waals surface area contributed by atoms with E-state index in [0.29, 0.717) is 18.8 Å². The molecule has 2 unspecified atom stereocenters. The summed E-state index contributed by atoms with van der Waals surface area (Å²) in [4.78, 5) is 14.1. The fraction of sp³-hybridized carbons (Fsp3) is 0.562. The van der Waals surface area contributed by atoms with Crippen molar-refractivity contribution in [2.45, 2.75) is 32.2 Å². The summed E-state index contributed by atoms with van der Waals surface area (Å²) >= 11 is 0. The van der Waals surface area contributed by atoms with E-state index in [9.17, 15) is 9.90 Å². The zero-order valence-corrected chi connectivity index (χ0v) is 12.2. The zero-order valence-electron chi connectivity index (χ0n) is 12.2. The van der Waals surface area contributed by atoms with Gasteiger partial charge in [-0.05, 0) is 36.5 Å². The summed E-state index contributed by atoms with van der Waals surface area (Å²) in [6.45, 7) is 2.92. The van der Waals surface area contributed by atoms with Crippen LogP contribution in [0, 0.1) is 5.92 Å². The van der Waals surface area contributed by atoms with Crippen LogP contribution in [-0.2, 0) is 11.2 Å². The second-order valence-corrected chi connectivity index (χ2v) is 5.45. The number of nitrogens with zero attached hydrogens (tertiary/aromatic N) is 1. The zero-order chi connectivity index (χ0) is 14.5. The first-order valence-electron chi connectivity index (χ1n) is 7.19. The number of methoxy groups -OCH3 is 1. The normalized spacial score (nSPS) is 22.1. The number of rotatable bonds is 5. The minimum Gasteiger partial charge on any atom is -0.497 e. The van der Waals surface area contributed by atoms with E-state index in [-0.39, 0.29) is 18.6 Å². The van der Waals surface area contributed by atoms with Gasteiger partial charge in [0, 0.05) is 13.0 Å². The number of aliphatic hydroxyl groups excluding tert-OH is 1. The van der Waals surface area contributed by atoms with E-state index < -0.39 is 0 Å². The molecule has 0 bridgehead atoms. The van der Waals surface area contributed by atoms with E-state index in [2.05, 4.69) is 6.92 Å². The number of likely N-dealkylation sites (tertiary alicyclic amines) is 1. The summed E-state index contributed by atoms with van der Waals surface area (Å²) in [5.41, 5.74) is 1.10. The van der Waals surface area contributed by atoms with Crippen molar-refractivity contribution < 1.29 is 14.6 Å². The average molecular weight is 277 g/mol. The number of ether oxygens (including phenoxy) is 1. The van der Waals surface area contributed by atoms with Gasteiger partial charge in [-0.1, -0.05) is 19.1 Å². The summed E-state index contributed by atoms with van der Waals surface area (Å²) in [6.07, 6.45) is 2.17. The van der Waals surface area contributed by atoms with Gasteiger partial charge < -0.3 is 14.7 Å². The van der Waals surface area contributed by atoms with Gasteiger partial charge in [-0.3, -0.25) is 4.79 Å². The van der Waals surface area contributed by atoms with Crippen molar-refractivity contribution in [2.24, 2.45) is 5.92 Å². The molecule has 110 valence electrons. The number of carbonyl (C=O) groups excluding carboxylic acids is 1. The van der Waals surface area contributed by atoms with Gasteiger partial charge in [0.2, 0.25) is 5.91 Å². The topological polar surface area (TPSA) is 49.8 Å². The highest BCUT2D eigenvalue weighted by Gasteiger charge is 2.33. The Balaban J connectivity index is 1.91. The number of carbonyl (C=O) groups is 1. The summed E-state index contributed by atoms with van der Waals surface area (Å²) in [5.74, 6) is 1.34. The van der Waals surface area contributed by atoms with Crippen molar-refractivity contribution in [3.05, 3.63) is 29.8 Å². The van der Waals surface area contributed by atoms with E-state index in [1.165, 1.54) is 0 Å². The molecule has 1 amide bonds. The number of amides is 1. The molecule has 20 heavy (non-hydrogen) atoms. The highest BCUT2D eigenvalue weighted by Crippen LogP contribution is 2.24. The predicted molar refractivity (Wildman–Crippen MR) is 77.7 cm³/mol. The first-order valence-corrected chi connectivity index (χ1v) is 7.19. The Morgan fingerprint density at radius 1 is 1.50 bits per heavy atom. The largest absolute Gasteiger partial charge is 0.497 e. The molecule has 4 heteroatoms. The molecule has 4 nitrogen and oxygen atoms in total. The standard InChI is InChI=1S/C16H23NO3/c1-12-8-9-17(15(12)11-18)16(19)7-6-13-4-3-5-14(10-13)20-2/h3-5,10,12,15,18H,6-9,11H2,1-2H3. The van der Waals surface area contributed by atoms with Gasteiger partial charge >= 0.3 is 0 Å². The van der Waals surface area contributed by atoms with Gasteiger partial charge in [0.05, 0.1) is 19.8 Å². The number of aliphatic hydroxyl groups is 1. The minimum absolute atomic E-state index is 0.00666. The van der Waals surface area contributed by atoms with Crippen LogP contribution in [0.15, 0.2) is 24.3 Å². The molecular formula is C16H23NO3. The number of benzene rings is 1. The van der Waals surface area contributed by atoms with Gasteiger partial charge in [-0.15, -0.1) is 0 Å². The molecule has 1 N–H and O–H groups in total. The molecule has 0 aliphatic carbocycles. The van der Waals surface area contributed by atoms with Crippen LogP contribution < -0.4 is 4.74 Å². The van der Waals surface area contributed by atoms with E-state index in [1.54, 1.807) is 7.11 Å². The van der Waals surface area contributed by atoms with E-state index in [4.69, 9.17) is 4.74 Å². The van der Waals surface area contributed by atoms with Crippen LogP contribution in [0.4, 0.5) is 0 Å². The van der Waals surface area contributed by atoms with Crippen molar-refractivity contribution >= 4 is 5.91 Å². The molecule has 1 aromatic carbocycles. The fourth-order valence-electron chi connectivity index (χ4n) is 2.82. The van der Waals surface area contributed by atoms with Crippen LogP contribution in [0.2, 0.25) is 0 Å². The lowest BCUT2D eigenvalue weighted by Gasteiger charge is -2.25. The monoisotopic (exact) mass is 277 g/mol. The van der Waals surface area contributed by atoms with Crippen LogP contribution in [0.5, 0.6) is 5.75 Å². The van der Waals surface area contributed by atoms with Crippen molar-refractivity contribution in [1.29, 1.82) is 0 Å². The quantitative estimate of drug-likeness (QED) is 0.893. The smallest absolute Gasteiger partial charge is 0.223 e. The summed E-state index contributed by atoms with van der Waals surface area (Å²) in [5, 5.41) is 9.40. The first kappa shape index (κ1) is 14.9. The summed E-state index contributed by atoms with van der Waals surface area (Å²) in [6, 6.07) is 7.80. The van der Waals surface area contributed by atoms with Crippen LogP contribution in [-0.4, -0.2) is 42.2 Å². The lowest BCUT2D eigenvalue weighted by molar-refractivity contribution is -0.133. The second-order valence-electron chi connectivity index (χ2n) is 5.45. The Morgan fingerprint density at radius 2 is 2.30 bits per heavy atom.